The normalized spacial score (nSPS) is 22.2. The van der Waals surface area contributed by atoms with Crippen LogP contribution in [0.2, 0.25) is 0 Å². The van der Waals surface area contributed by atoms with Crippen molar-refractivity contribution in [1.29, 1.82) is 0 Å². The molecule has 0 aromatic carbocycles. The molecule has 1 saturated carbocycles. The van der Waals surface area contributed by atoms with Crippen LogP contribution in [0.15, 0.2) is 23.1 Å². The van der Waals surface area contributed by atoms with Crippen LogP contribution in [0.3, 0.4) is 0 Å². The third kappa shape index (κ3) is 3.25. The van der Waals surface area contributed by atoms with E-state index in [9.17, 15) is 9.59 Å². The number of rotatable bonds is 5. The van der Waals surface area contributed by atoms with Gasteiger partial charge in [-0.15, -0.1) is 0 Å². The first-order valence-electron chi connectivity index (χ1n) is 7.14. The number of carbonyl (C=O) groups excluding carboxylic acids is 1. The summed E-state index contributed by atoms with van der Waals surface area (Å²) in [4.78, 5) is 25.4. The highest BCUT2D eigenvalue weighted by atomic mass is 16.5. The Hall–Kier alpha value is -1.69. The number of ether oxygens (including phenoxy) is 1. The molecular formula is C14H19N3O3. The van der Waals surface area contributed by atoms with Gasteiger partial charge in [0.25, 0.3) is 5.56 Å². The van der Waals surface area contributed by atoms with Gasteiger partial charge in [0.05, 0.1) is 6.10 Å². The van der Waals surface area contributed by atoms with E-state index in [2.05, 4.69) is 5.10 Å². The van der Waals surface area contributed by atoms with Gasteiger partial charge >= 0.3 is 0 Å². The standard InChI is InChI=1S/C14H19N3O3/c18-13-2-1-6-15-17(13)9-14(19)16-7-5-12(8-16)20-10-11-3-4-11/h1-2,6,11-12H,3-5,7-10H2/t12-/m0/s1. The van der Waals surface area contributed by atoms with E-state index in [-0.39, 0.29) is 24.1 Å². The van der Waals surface area contributed by atoms with Gasteiger partial charge in [0.1, 0.15) is 6.54 Å². The molecule has 1 amide bonds. The summed E-state index contributed by atoms with van der Waals surface area (Å²) in [6.07, 6.45) is 5.10. The Bertz CT molecular complexity index is 538. The molecule has 3 rings (SSSR count). The second kappa shape index (κ2) is 5.75. The second-order valence-corrected chi connectivity index (χ2v) is 5.55. The first kappa shape index (κ1) is 13.3. The minimum absolute atomic E-state index is 0.00895. The zero-order chi connectivity index (χ0) is 13.9. The third-order valence-corrected chi connectivity index (χ3v) is 3.83. The van der Waals surface area contributed by atoms with Gasteiger partial charge in [-0.25, -0.2) is 4.68 Å². The number of carbonyl (C=O) groups is 1. The Labute approximate surface area is 117 Å². The van der Waals surface area contributed by atoms with E-state index < -0.39 is 0 Å². The summed E-state index contributed by atoms with van der Waals surface area (Å²) in [6.45, 7) is 2.17. The minimum Gasteiger partial charge on any atom is -0.376 e. The van der Waals surface area contributed by atoms with E-state index in [1.54, 1.807) is 11.0 Å². The maximum atomic E-state index is 12.1. The van der Waals surface area contributed by atoms with Crippen molar-refractivity contribution in [3.8, 4) is 0 Å². The number of hydrogen-bond acceptors (Lipinski definition) is 4. The van der Waals surface area contributed by atoms with Gasteiger partial charge in [0, 0.05) is 32.0 Å². The molecule has 1 aliphatic heterocycles. The van der Waals surface area contributed by atoms with E-state index in [1.807, 2.05) is 0 Å². The molecule has 6 nitrogen and oxygen atoms in total. The molecule has 2 heterocycles. The Morgan fingerprint density at radius 1 is 1.40 bits per heavy atom. The van der Waals surface area contributed by atoms with Gasteiger partial charge in [-0.05, 0) is 31.2 Å². The zero-order valence-corrected chi connectivity index (χ0v) is 11.4. The summed E-state index contributed by atoms with van der Waals surface area (Å²) in [5.74, 6) is 0.676. The summed E-state index contributed by atoms with van der Waals surface area (Å²) in [5, 5.41) is 3.90. The van der Waals surface area contributed by atoms with Crippen LogP contribution in [-0.4, -0.2) is 46.4 Å². The molecule has 1 aromatic rings. The Morgan fingerprint density at radius 2 is 2.25 bits per heavy atom. The molecule has 1 aromatic heterocycles. The van der Waals surface area contributed by atoms with Crippen LogP contribution in [0, 0.1) is 5.92 Å². The van der Waals surface area contributed by atoms with Crippen LogP contribution in [0.1, 0.15) is 19.3 Å². The smallest absolute Gasteiger partial charge is 0.267 e. The minimum atomic E-state index is -0.249. The number of likely N-dealkylation sites (tertiary alicyclic amines) is 1. The van der Waals surface area contributed by atoms with Crippen molar-refractivity contribution in [2.75, 3.05) is 19.7 Å². The first-order valence-corrected chi connectivity index (χ1v) is 7.14. The monoisotopic (exact) mass is 277 g/mol. The lowest BCUT2D eigenvalue weighted by molar-refractivity contribution is -0.131. The lowest BCUT2D eigenvalue weighted by Crippen LogP contribution is -2.36. The van der Waals surface area contributed by atoms with Crippen LogP contribution in [-0.2, 0) is 16.1 Å². The quantitative estimate of drug-likeness (QED) is 0.775. The van der Waals surface area contributed by atoms with Crippen molar-refractivity contribution < 1.29 is 9.53 Å². The van der Waals surface area contributed by atoms with E-state index in [4.69, 9.17) is 4.74 Å². The van der Waals surface area contributed by atoms with E-state index >= 15 is 0 Å². The summed E-state index contributed by atoms with van der Waals surface area (Å²) in [5.41, 5.74) is -0.249. The highest BCUT2D eigenvalue weighted by Gasteiger charge is 2.29. The van der Waals surface area contributed by atoms with Gasteiger partial charge in [-0.2, -0.15) is 5.10 Å². The molecule has 1 saturated heterocycles. The van der Waals surface area contributed by atoms with Crippen LogP contribution in [0.4, 0.5) is 0 Å². The summed E-state index contributed by atoms with van der Waals surface area (Å²) in [6, 6.07) is 2.98. The van der Waals surface area contributed by atoms with Crippen molar-refractivity contribution in [3.05, 3.63) is 28.7 Å². The van der Waals surface area contributed by atoms with Crippen LogP contribution >= 0.6 is 0 Å². The molecule has 1 atom stereocenters. The molecule has 1 aliphatic carbocycles. The fourth-order valence-corrected chi connectivity index (χ4v) is 2.38. The summed E-state index contributed by atoms with van der Waals surface area (Å²) in [7, 11) is 0. The molecule has 20 heavy (non-hydrogen) atoms. The molecule has 2 aliphatic rings. The number of aromatic nitrogens is 2. The number of amides is 1. The van der Waals surface area contributed by atoms with Gasteiger partial charge in [-0.3, -0.25) is 9.59 Å². The molecule has 0 radical (unpaired) electrons. The molecule has 6 heteroatoms. The van der Waals surface area contributed by atoms with Gasteiger partial charge in [-0.1, -0.05) is 0 Å². The van der Waals surface area contributed by atoms with E-state index in [0.29, 0.717) is 13.1 Å². The second-order valence-electron chi connectivity index (χ2n) is 5.55. The Morgan fingerprint density at radius 3 is 3.00 bits per heavy atom. The molecule has 0 N–H and O–H groups in total. The topological polar surface area (TPSA) is 64.4 Å². The van der Waals surface area contributed by atoms with Gasteiger partial charge < -0.3 is 9.64 Å². The average molecular weight is 277 g/mol. The zero-order valence-electron chi connectivity index (χ0n) is 11.4. The maximum Gasteiger partial charge on any atom is 0.267 e. The third-order valence-electron chi connectivity index (χ3n) is 3.83. The Kier molecular flexibility index (Phi) is 3.82. The number of hydrogen-bond donors (Lipinski definition) is 0. The Balaban J connectivity index is 1.50. The highest BCUT2D eigenvalue weighted by molar-refractivity contribution is 5.76. The fourth-order valence-electron chi connectivity index (χ4n) is 2.38. The molecular weight excluding hydrogens is 258 g/mol. The van der Waals surface area contributed by atoms with Crippen LogP contribution in [0.5, 0.6) is 0 Å². The van der Waals surface area contributed by atoms with Crippen molar-refractivity contribution in [2.24, 2.45) is 5.92 Å². The lowest BCUT2D eigenvalue weighted by Gasteiger charge is -2.17. The lowest BCUT2D eigenvalue weighted by atomic mass is 10.3. The predicted molar refractivity (Wildman–Crippen MR) is 72.2 cm³/mol. The number of nitrogens with zero attached hydrogens (tertiary/aromatic N) is 3. The van der Waals surface area contributed by atoms with E-state index in [1.165, 1.54) is 29.8 Å². The molecule has 0 spiro atoms. The summed E-state index contributed by atoms with van der Waals surface area (Å²) < 4.78 is 7.00. The van der Waals surface area contributed by atoms with Gasteiger partial charge in [0.2, 0.25) is 5.91 Å². The predicted octanol–water partition coefficient (Wildman–Crippen LogP) is 0.271. The van der Waals surface area contributed by atoms with Crippen molar-refractivity contribution in [3.63, 3.8) is 0 Å². The average Bonchev–Trinajstić information content (AvgIpc) is 3.15. The van der Waals surface area contributed by atoms with Crippen molar-refractivity contribution >= 4 is 5.91 Å². The molecule has 0 unspecified atom stereocenters. The first-order chi connectivity index (χ1) is 9.72. The highest BCUT2D eigenvalue weighted by Crippen LogP contribution is 2.29. The fraction of sp³-hybridized carbons (Fsp3) is 0.643. The van der Waals surface area contributed by atoms with Gasteiger partial charge in [0.15, 0.2) is 0 Å². The maximum absolute atomic E-state index is 12.1. The molecule has 2 fully saturated rings. The van der Waals surface area contributed by atoms with Crippen molar-refractivity contribution in [2.45, 2.75) is 31.9 Å². The summed E-state index contributed by atoms with van der Waals surface area (Å²) >= 11 is 0. The largest absolute Gasteiger partial charge is 0.376 e. The molecule has 0 bridgehead atoms. The molecule has 108 valence electrons. The van der Waals surface area contributed by atoms with Crippen molar-refractivity contribution in [1.82, 2.24) is 14.7 Å². The van der Waals surface area contributed by atoms with Crippen LogP contribution < -0.4 is 5.56 Å². The van der Waals surface area contributed by atoms with E-state index in [0.717, 1.165) is 18.9 Å². The SMILES string of the molecule is O=C(Cn1ncccc1=O)N1CC[C@H](OCC2CC2)C1. The van der Waals surface area contributed by atoms with Crippen LogP contribution in [0.25, 0.3) is 0 Å².